The van der Waals surface area contributed by atoms with Crippen molar-refractivity contribution in [1.82, 2.24) is 0 Å². The summed E-state index contributed by atoms with van der Waals surface area (Å²) in [5.41, 5.74) is 5.52. The second-order valence-corrected chi connectivity index (χ2v) is 8.15. The van der Waals surface area contributed by atoms with Crippen LogP contribution in [-0.4, -0.2) is 50.4 Å². The smallest absolute Gasteiger partial charge is 0.321 e. The van der Waals surface area contributed by atoms with Crippen LogP contribution in [0.4, 0.5) is 0 Å². The predicted molar refractivity (Wildman–Crippen MR) is 111 cm³/mol. The number of carboxylic acid groups (broad SMARTS) is 2. The molecule has 0 radical (unpaired) electrons. The van der Waals surface area contributed by atoms with Gasteiger partial charge in [-0.3, -0.25) is 9.59 Å². The zero-order valence-electron chi connectivity index (χ0n) is 16.5. The van der Waals surface area contributed by atoms with Gasteiger partial charge in [-0.2, -0.15) is 0 Å². The first-order chi connectivity index (χ1) is 12.9. The minimum absolute atomic E-state index is 0.116. The number of rotatable bonds is 18. The Morgan fingerprint density at radius 1 is 1.04 bits per heavy atom. The summed E-state index contributed by atoms with van der Waals surface area (Å²) in [6.07, 6.45) is 14.0. The molecule has 0 aliphatic carbocycles. The van der Waals surface area contributed by atoms with Crippen LogP contribution in [0.1, 0.15) is 77.6 Å². The second-order valence-electron chi connectivity index (χ2n) is 6.93. The number of nitrogens with two attached hydrogens (primary N) is 1. The standard InChI is InChI=1S/C20H37NO5S/c1-2-3-4-5-6-7-8-9-10-11-12-18(17(22)13-14-19(23)24)27-15-16(21)20(25)26/h11-12,16-18,22H,2-10,13-15,21H2,1H3,(H,23,24)(H,25,26). The van der Waals surface area contributed by atoms with Gasteiger partial charge in [-0.15, -0.1) is 11.8 Å². The summed E-state index contributed by atoms with van der Waals surface area (Å²) in [6, 6.07) is -0.995. The van der Waals surface area contributed by atoms with Gasteiger partial charge in [-0.05, 0) is 19.3 Å². The molecule has 7 heteroatoms. The number of hydrogen-bond donors (Lipinski definition) is 4. The highest BCUT2D eigenvalue weighted by Crippen LogP contribution is 2.21. The maximum Gasteiger partial charge on any atom is 0.321 e. The summed E-state index contributed by atoms with van der Waals surface area (Å²) in [5.74, 6) is -1.86. The topological polar surface area (TPSA) is 121 Å². The monoisotopic (exact) mass is 403 g/mol. The summed E-state index contributed by atoms with van der Waals surface area (Å²) in [6.45, 7) is 2.21. The zero-order chi connectivity index (χ0) is 20.5. The van der Waals surface area contributed by atoms with E-state index in [1.165, 1.54) is 56.7 Å². The highest BCUT2D eigenvalue weighted by Gasteiger charge is 2.21. The molecule has 0 bridgehead atoms. The van der Waals surface area contributed by atoms with Crippen LogP contribution in [0.5, 0.6) is 0 Å². The second kappa shape index (κ2) is 17.1. The fourth-order valence-corrected chi connectivity index (χ4v) is 3.80. The average molecular weight is 404 g/mol. The summed E-state index contributed by atoms with van der Waals surface area (Å²) in [7, 11) is 0. The molecule has 0 saturated heterocycles. The number of hydrogen-bond acceptors (Lipinski definition) is 5. The predicted octanol–water partition coefficient (Wildman–Crippen LogP) is 3.81. The minimum atomic E-state index is -1.08. The van der Waals surface area contributed by atoms with Crippen molar-refractivity contribution in [1.29, 1.82) is 0 Å². The molecule has 0 rings (SSSR count). The summed E-state index contributed by atoms with van der Waals surface area (Å²) in [5, 5.41) is 27.5. The number of unbranched alkanes of at least 4 members (excludes halogenated alkanes) is 8. The molecule has 27 heavy (non-hydrogen) atoms. The molecule has 0 saturated carbocycles. The average Bonchev–Trinajstić information content (AvgIpc) is 2.63. The third-order valence-corrected chi connectivity index (χ3v) is 5.78. The van der Waals surface area contributed by atoms with E-state index in [2.05, 4.69) is 6.92 Å². The molecule has 5 N–H and O–H groups in total. The van der Waals surface area contributed by atoms with Crippen LogP contribution in [0.25, 0.3) is 0 Å². The Morgan fingerprint density at radius 2 is 1.63 bits per heavy atom. The van der Waals surface area contributed by atoms with Gasteiger partial charge in [0.2, 0.25) is 0 Å². The third-order valence-electron chi connectivity index (χ3n) is 4.37. The Kier molecular flexibility index (Phi) is 16.4. The molecule has 0 spiro atoms. The van der Waals surface area contributed by atoms with Crippen molar-refractivity contribution in [3.63, 3.8) is 0 Å². The van der Waals surface area contributed by atoms with Gasteiger partial charge in [0.05, 0.1) is 6.10 Å². The third kappa shape index (κ3) is 15.7. The van der Waals surface area contributed by atoms with Gasteiger partial charge >= 0.3 is 11.9 Å². The first-order valence-corrected chi connectivity index (χ1v) is 11.1. The lowest BCUT2D eigenvalue weighted by Gasteiger charge is -2.20. The quantitative estimate of drug-likeness (QED) is 0.203. The van der Waals surface area contributed by atoms with Crippen molar-refractivity contribution < 1.29 is 24.9 Å². The van der Waals surface area contributed by atoms with Crippen LogP contribution in [0, 0.1) is 0 Å². The highest BCUT2D eigenvalue weighted by atomic mass is 32.2. The lowest BCUT2D eigenvalue weighted by molar-refractivity contribution is -0.138. The number of carbonyl (C=O) groups is 2. The minimum Gasteiger partial charge on any atom is -0.481 e. The number of aliphatic hydroxyl groups is 1. The van der Waals surface area contributed by atoms with Crippen molar-refractivity contribution in [2.24, 2.45) is 5.73 Å². The van der Waals surface area contributed by atoms with Gasteiger partial charge < -0.3 is 21.1 Å². The Balaban J connectivity index is 4.21. The Morgan fingerprint density at radius 3 is 2.19 bits per heavy atom. The van der Waals surface area contributed by atoms with Crippen LogP contribution >= 0.6 is 11.8 Å². The van der Waals surface area contributed by atoms with Crippen LogP contribution in [0.15, 0.2) is 12.2 Å². The normalized spacial score (nSPS) is 14.9. The van der Waals surface area contributed by atoms with E-state index in [1.54, 1.807) is 0 Å². The number of thioether (sulfide) groups is 1. The molecule has 0 aromatic carbocycles. The first-order valence-electron chi connectivity index (χ1n) is 10.0. The molecule has 0 fully saturated rings. The number of carboxylic acids is 2. The van der Waals surface area contributed by atoms with Gasteiger partial charge in [-0.1, -0.05) is 64.0 Å². The molecule has 158 valence electrons. The fourth-order valence-electron chi connectivity index (χ4n) is 2.64. The van der Waals surface area contributed by atoms with E-state index in [9.17, 15) is 14.7 Å². The largest absolute Gasteiger partial charge is 0.481 e. The Bertz CT molecular complexity index is 431. The van der Waals surface area contributed by atoms with E-state index in [0.29, 0.717) is 0 Å². The number of allylic oxidation sites excluding steroid dienone is 1. The molecule has 0 aliphatic rings. The van der Waals surface area contributed by atoms with Gasteiger partial charge in [0.25, 0.3) is 0 Å². The Labute approximate surface area is 167 Å². The van der Waals surface area contributed by atoms with Crippen LogP contribution < -0.4 is 5.73 Å². The lowest BCUT2D eigenvalue weighted by atomic mass is 10.1. The van der Waals surface area contributed by atoms with Crippen molar-refractivity contribution in [2.45, 2.75) is 94.9 Å². The van der Waals surface area contributed by atoms with Gasteiger partial charge in [-0.25, -0.2) is 0 Å². The van der Waals surface area contributed by atoms with Crippen LogP contribution in [0.3, 0.4) is 0 Å². The molecular formula is C20H37NO5S. The van der Waals surface area contributed by atoms with Crippen LogP contribution in [0.2, 0.25) is 0 Å². The molecule has 0 aliphatic heterocycles. The van der Waals surface area contributed by atoms with E-state index in [4.69, 9.17) is 15.9 Å². The number of aliphatic carboxylic acids is 2. The van der Waals surface area contributed by atoms with Gasteiger partial charge in [0, 0.05) is 17.4 Å². The maximum atomic E-state index is 10.8. The maximum absolute atomic E-state index is 10.8. The van der Waals surface area contributed by atoms with E-state index in [-0.39, 0.29) is 23.8 Å². The SMILES string of the molecule is CCCCCCCCCCC=CC(SCC(N)C(=O)O)C(O)CCC(=O)O. The fraction of sp³-hybridized carbons (Fsp3) is 0.800. The van der Waals surface area contributed by atoms with E-state index >= 15 is 0 Å². The van der Waals surface area contributed by atoms with Crippen molar-refractivity contribution in [3.8, 4) is 0 Å². The van der Waals surface area contributed by atoms with Crippen molar-refractivity contribution in [2.75, 3.05) is 5.75 Å². The van der Waals surface area contributed by atoms with E-state index in [1.807, 2.05) is 12.2 Å². The van der Waals surface area contributed by atoms with E-state index in [0.717, 1.165) is 12.8 Å². The summed E-state index contributed by atoms with van der Waals surface area (Å²) in [4.78, 5) is 21.5. The van der Waals surface area contributed by atoms with Crippen molar-refractivity contribution in [3.05, 3.63) is 12.2 Å². The molecule has 0 aromatic heterocycles. The zero-order valence-corrected chi connectivity index (χ0v) is 17.3. The molecule has 3 unspecified atom stereocenters. The van der Waals surface area contributed by atoms with Gasteiger partial charge in [0.1, 0.15) is 6.04 Å². The molecule has 0 amide bonds. The highest BCUT2D eigenvalue weighted by molar-refractivity contribution is 8.00. The van der Waals surface area contributed by atoms with Crippen molar-refractivity contribution >= 4 is 23.7 Å². The van der Waals surface area contributed by atoms with Crippen LogP contribution in [-0.2, 0) is 9.59 Å². The molecular weight excluding hydrogens is 366 g/mol. The molecule has 0 aromatic rings. The number of aliphatic hydroxyl groups excluding tert-OH is 1. The summed E-state index contributed by atoms with van der Waals surface area (Å²) >= 11 is 1.26. The first kappa shape index (κ1) is 26.0. The lowest BCUT2D eigenvalue weighted by Crippen LogP contribution is -2.34. The summed E-state index contributed by atoms with van der Waals surface area (Å²) < 4.78 is 0. The molecule has 0 heterocycles. The molecule has 3 atom stereocenters. The van der Waals surface area contributed by atoms with E-state index < -0.39 is 24.1 Å². The Hall–Kier alpha value is -1.05. The van der Waals surface area contributed by atoms with Gasteiger partial charge in [0.15, 0.2) is 0 Å². The molecule has 6 nitrogen and oxygen atoms in total.